The lowest BCUT2D eigenvalue weighted by molar-refractivity contribution is 0.0898. The van der Waals surface area contributed by atoms with Gasteiger partial charge in [0.2, 0.25) is 5.91 Å². The zero-order chi connectivity index (χ0) is 10.6. The molecule has 14 heavy (non-hydrogen) atoms. The second-order valence-electron chi connectivity index (χ2n) is 2.58. The van der Waals surface area contributed by atoms with Crippen molar-refractivity contribution in [1.29, 1.82) is 0 Å². The van der Waals surface area contributed by atoms with Crippen LogP contribution in [-0.4, -0.2) is 15.5 Å². The molecule has 0 amide bonds. The van der Waals surface area contributed by atoms with Gasteiger partial charge in [-0.1, -0.05) is 0 Å². The van der Waals surface area contributed by atoms with Crippen LogP contribution in [0.4, 0.5) is 0 Å². The zero-order valence-electron chi connectivity index (χ0n) is 7.32. The third kappa shape index (κ3) is 2.20. The molecule has 5 nitrogen and oxygen atoms in total. The van der Waals surface area contributed by atoms with E-state index in [1.165, 1.54) is 0 Å². The summed E-state index contributed by atoms with van der Waals surface area (Å²) in [6.45, 7) is 0. The van der Waals surface area contributed by atoms with E-state index in [1.54, 1.807) is 0 Å². The van der Waals surface area contributed by atoms with Crippen LogP contribution in [0.15, 0.2) is 21.9 Å². The molecular formula is C9H8N2O3. The van der Waals surface area contributed by atoms with Crippen LogP contribution < -0.4 is 11.2 Å². The van der Waals surface area contributed by atoms with Crippen molar-refractivity contribution in [3.05, 3.63) is 33.1 Å². The van der Waals surface area contributed by atoms with Gasteiger partial charge in [0.15, 0.2) is 0 Å². The number of hydrogen-bond acceptors (Lipinski definition) is 3. The number of rotatable bonds is 2. The first-order valence-electron chi connectivity index (χ1n) is 3.94. The van der Waals surface area contributed by atoms with Gasteiger partial charge in [-0.2, -0.15) is 0 Å². The lowest BCUT2D eigenvalue weighted by atomic mass is 10.3. The highest BCUT2D eigenvalue weighted by Crippen LogP contribution is 1.90. The molecule has 0 aliphatic rings. The third-order valence-electron chi connectivity index (χ3n) is 1.58. The topological polar surface area (TPSA) is 71.9 Å². The maximum Gasteiger partial charge on any atom is 0.335 e. The summed E-state index contributed by atoms with van der Waals surface area (Å²) in [4.78, 5) is 35.0. The van der Waals surface area contributed by atoms with Crippen molar-refractivity contribution in [2.75, 3.05) is 0 Å². The van der Waals surface area contributed by atoms with Gasteiger partial charge in [-0.3, -0.25) is 14.6 Å². The van der Waals surface area contributed by atoms with Crippen molar-refractivity contribution in [2.24, 2.45) is 0 Å². The summed E-state index contributed by atoms with van der Waals surface area (Å²) < 4.78 is 0.832. The molecule has 0 atom stereocenters. The predicted octanol–water partition coefficient (Wildman–Crippen LogP) is -0.410. The second-order valence-corrected chi connectivity index (χ2v) is 2.58. The van der Waals surface area contributed by atoms with E-state index in [0.29, 0.717) is 0 Å². The number of carbonyl (C=O) groups is 1. The molecule has 0 fully saturated rings. The smallest absolute Gasteiger partial charge is 0.274 e. The summed E-state index contributed by atoms with van der Waals surface area (Å²) in [6, 6.07) is 1.11. The Morgan fingerprint density at radius 2 is 2.29 bits per heavy atom. The van der Waals surface area contributed by atoms with Gasteiger partial charge in [0, 0.05) is 25.1 Å². The molecule has 1 heterocycles. The number of aromatic amines is 1. The Labute approximate surface area is 79.4 Å². The Hall–Kier alpha value is -2.09. The molecule has 5 heteroatoms. The summed E-state index contributed by atoms with van der Waals surface area (Å²) in [5.74, 6) is 1.86. The van der Waals surface area contributed by atoms with Gasteiger partial charge >= 0.3 is 5.69 Å². The van der Waals surface area contributed by atoms with Crippen LogP contribution in [-0.2, 0) is 0 Å². The molecule has 1 N–H and O–H groups in total. The van der Waals surface area contributed by atoms with E-state index >= 15 is 0 Å². The van der Waals surface area contributed by atoms with E-state index in [-0.39, 0.29) is 12.8 Å². The molecule has 0 bridgehead atoms. The number of terminal acetylenes is 1. The highest BCUT2D eigenvalue weighted by atomic mass is 16.2. The van der Waals surface area contributed by atoms with Crippen molar-refractivity contribution in [1.82, 2.24) is 9.55 Å². The summed E-state index contributed by atoms with van der Waals surface area (Å²) in [5.41, 5.74) is -1.27. The molecule has 0 saturated carbocycles. The molecule has 1 aromatic rings. The van der Waals surface area contributed by atoms with Crippen LogP contribution in [0.3, 0.4) is 0 Å². The molecule has 0 radical (unpaired) electrons. The quantitative estimate of drug-likeness (QED) is 0.647. The minimum atomic E-state index is -0.737. The minimum Gasteiger partial charge on any atom is -0.274 e. The van der Waals surface area contributed by atoms with Crippen molar-refractivity contribution in [2.45, 2.75) is 12.8 Å². The Balaban J connectivity index is 2.98. The van der Waals surface area contributed by atoms with Gasteiger partial charge in [-0.05, 0) is 0 Å². The molecule has 1 aromatic heterocycles. The Morgan fingerprint density at radius 1 is 1.57 bits per heavy atom. The van der Waals surface area contributed by atoms with Gasteiger partial charge in [0.05, 0.1) is 0 Å². The molecule has 0 aliphatic heterocycles. The lowest BCUT2D eigenvalue weighted by Crippen LogP contribution is -2.32. The minimum absolute atomic E-state index is 0.0858. The van der Waals surface area contributed by atoms with Gasteiger partial charge in [-0.25, -0.2) is 9.36 Å². The van der Waals surface area contributed by atoms with E-state index < -0.39 is 17.2 Å². The standard InChI is InChI=1S/C9H8N2O3/c1-2-3-4-8(13)11-6-5-7(12)10-9(11)14/h1,5-6H,3-4H2,(H,10,12,14). The first-order valence-corrected chi connectivity index (χ1v) is 3.94. The molecule has 1 rings (SSSR count). The number of hydrogen-bond donors (Lipinski definition) is 1. The van der Waals surface area contributed by atoms with Crippen molar-refractivity contribution in [3.8, 4) is 12.3 Å². The fourth-order valence-electron chi connectivity index (χ4n) is 0.913. The molecule has 0 aromatic carbocycles. The molecule has 0 unspecified atom stereocenters. The third-order valence-corrected chi connectivity index (χ3v) is 1.58. The van der Waals surface area contributed by atoms with Gasteiger partial charge in [-0.15, -0.1) is 12.3 Å². The maximum absolute atomic E-state index is 11.3. The summed E-state index contributed by atoms with van der Waals surface area (Å²) >= 11 is 0. The van der Waals surface area contributed by atoms with Crippen LogP contribution in [0, 0.1) is 12.3 Å². The van der Waals surface area contributed by atoms with Crippen molar-refractivity contribution < 1.29 is 4.79 Å². The summed E-state index contributed by atoms with van der Waals surface area (Å²) in [5, 5.41) is 0. The van der Waals surface area contributed by atoms with Gasteiger partial charge < -0.3 is 0 Å². The summed E-state index contributed by atoms with van der Waals surface area (Å²) in [7, 11) is 0. The Morgan fingerprint density at radius 3 is 2.86 bits per heavy atom. The number of H-pyrrole nitrogens is 1. The predicted molar refractivity (Wildman–Crippen MR) is 50.0 cm³/mol. The van der Waals surface area contributed by atoms with Crippen LogP contribution >= 0.6 is 0 Å². The fraction of sp³-hybridized carbons (Fsp3) is 0.222. The lowest BCUT2D eigenvalue weighted by Gasteiger charge is -1.99. The van der Waals surface area contributed by atoms with E-state index in [9.17, 15) is 14.4 Å². The first kappa shape index (κ1) is 9.99. The zero-order valence-corrected chi connectivity index (χ0v) is 7.32. The van der Waals surface area contributed by atoms with Crippen LogP contribution in [0.1, 0.15) is 17.6 Å². The van der Waals surface area contributed by atoms with Crippen LogP contribution in [0.25, 0.3) is 0 Å². The fourth-order valence-corrected chi connectivity index (χ4v) is 0.913. The van der Waals surface area contributed by atoms with E-state index in [2.05, 4.69) is 5.92 Å². The van der Waals surface area contributed by atoms with Crippen molar-refractivity contribution in [3.63, 3.8) is 0 Å². The number of nitrogens with one attached hydrogen (secondary N) is 1. The van der Waals surface area contributed by atoms with E-state index in [0.717, 1.165) is 16.8 Å². The van der Waals surface area contributed by atoms with E-state index in [4.69, 9.17) is 6.42 Å². The molecule has 0 saturated heterocycles. The van der Waals surface area contributed by atoms with Crippen LogP contribution in [0.5, 0.6) is 0 Å². The average molecular weight is 192 g/mol. The monoisotopic (exact) mass is 192 g/mol. The highest BCUT2D eigenvalue weighted by molar-refractivity contribution is 5.78. The largest absolute Gasteiger partial charge is 0.335 e. The van der Waals surface area contributed by atoms with Gasteiger partial charge in [0.1, 0.15) is 0 Å². The SMILES string of the molecule is C#CCCC(=O)n1ccc(=O)[nH]c1=O. The highest BCUT2D eigenvalue weighted by Gasteiger charge is 2.05. The molecular weight excluding hydrogens is 184 g/mol. The van der Waals surface area contributed by atoms with Crippen molar-refractivity contribution >= 4 is 5.91 Å². The Kier molecular flexibility index (Phi) is 3.02. The first-order chi connectivity index (χ1) is 6.65. The molecule has 0 spiro atoms. The summed E-state index contributed by atoms with van der Waals surface area (Å²) in [6.07, 6.45) is 6.46. The normalized spacial score (nSPS) is 9.36. The number of carbonyl (C=O) groups excluding carboxylic acids is 1. The van der Waals surface area contributed by atoms with Crippen LogP contribution in [0.2, 0.25) is 0 Å². The molecule has 72 valence electrons. The maximum atomic E-state index is 11.3. The second kappa shape index (κ2) is 4.23. The number of nitrogens with zero attached hydrogens (tertiary/aromatic N) is 1. The van der Waals surface area contributed by atoms with Gasteiger partial charge in [0.25, 0.3) is 5.56 Å². The number of aromatic nitrogens is 2. The van der Waals surface area contributed by atoms with E-state index in [1.807, 2.05) is 4.98 Å². The average Bonchev–Trinajstić information content (AvgIpc) is 2.14. The Bertz CT molecular complexity index is 490. The molecule has 0 aliphatic carbocycles.